The van der Waals surface area contributed by atoms with Gasteiger partial charge in [-0.15, -0.1) is 11.8 Å². The molecule has 3 saturated heterocycles. The van der Waals surface area contributed by atoms with Gasteiger partial charge >= 0.3 is 0 Å². The molecule has 0 aliphatic carbocycles. The molecular formula is C13H23N3OS. The minimum absolute atomic E-state index is 0.268. The molecular weight excluding hydrogens is 246 g/mol. The van der Waals surface area contributed by atoms with Crippen LogP contribution < -0.4 is 5.32 Å². The van der Waals surface area contributed by atoms with Gasteiger partial charge in [-0.3, -0.25) is 9.69 Å². The maximum atomic E-state index is 12.3. The average Bonchev–Trinajstić information content (AvgIpc) is 3.11. The minimum atomic E-state index is 0.268. The molecule has 2 unspecified atom stereocenters. The van der Waals surface area contributed by atoms with Crippen LogP contribution in [-0.2, 0) is 4.79 Å². The molecule has 2 atom stereocenters. The summed E-state index contributed by atoms with van der Waals surface area (Å²) in [4.78, 5) is 17.0. The van der Waals surface area contributed by atoms with Gasteiger partial charge in [-0.25, -0.2) is 0 Å². The van der Waals surface area contributed by atoms with E-state index >= 15 is 0 Å². The fraction of sp³-hybridized carbons (Fsp3) is 0.923. The maximum absolute atomic E-state index is 12.3. The number of nitrogens with zero attached hydrogens (tertiary/aromatic N) is 2. The number of rotatable bonds is 2. The zero-order valence-electron chi connectivity index (χ0n) is 10.9. The number of hydrogen-bond acceptors (Lipinski definition) is 4. The van der Waals surface area contributed by atoms with Crippen molar-refractivity contribution in [3.8, 4) is 0 Å². The summed E-state index contributed by atoms with van der Waals surface area (Å²) in [6.07, 6.45) is 3.58. The second-order valence-electron chi connectivity index (χ2n) is 5.51. The Morgan fingerprint density at radius 1 is 1.17 bits per heavy atom. The molecule has 5 heteroatoms. The van der Waals surface area contributed by atoms with E-state index in [1.54, 1.807) is 0 Å². The predicted molar refractivity (Wildman–Crippen MR) is 74.9 cm³/mol. The summed E-state index contributed by atoms with van der Waals surface area (Å²) in [6.45, 7) is 6.29. The Kier molecular flexibility index (Phi) is 4.11. The highest BCUT2D eigenvalue weighted by Crippen LogP contribution is 2.28. The van der Waals surface area contributed by atoms with E-state index in [0.717, 1.165) is 45.7 Å². The first-order valence-electron chi connectivity index (χ1n) is 7.20. The zero-order chi connectivity index (χ0) is 12.4. The van der Waals surface area contributed by atoms with Gasteiger partial charge in [0.25, 0.3) is 0 Å². The van der Waals surface area contributed by atoms with Crippen LogP contribution >= 0.6 is 11.8 Å². The van der Waals surface area contributed by atoms with E-state index in [-0.39, 0.29) is 5.25 Å². The molecule has 102 valence electrons. The summed E-state index contributed by atoms with van der Waals surface area (Å²) >= 11 is 1.86. The van der Waals surface area contributed by atoms with Crippen LogP contribution in [0, 0.1) is 0 Å². The third-order valence-corrected chi connectivity index (χ3v) is 5.75. The monoisotopic (exact) mass is 269 g/mol. The summed E-state index contributed by atoms with van der Waals surface area (Å²) < 4.78 is 0. The van der Waals surface area contributed by atoms with Gasteiger partial charge in [-0.1, -0.05) is 0 Å². The van der Waals surface area contributed by atoms with E-state index < -0.39 is 0 Å². The van der Waals surface area contributed by atoms with Gasteiger partial charge in [-0.2, -0.15) is 0 Å². The van der Waals surface area contributed by atoms with E-state index in [9.17, 15) is 4.79 Å². The number of thioether (sulfide) groups is 1. The van der Waals surface area contributed by atoms with Crippen LogP contribution in [0.25, 0.3) is 0 Å². The quantitative estimate of drug-likeness (QED) is 0.786. The van der Waals surface area contributed by atoms with Gasteiger partial charge in [0, 0.05) is 38.8 Å². The van der Waals surface area contributed by atoms with Crippen LogP contribution in [0.4, 0.5) is 0 Å². The van der Waals surface area contributed by atoms with Crippen LogP contribution in [0.3, 0.4) is 0 Å². The SMILES string of the molecule is O=C(C1CCCS1)N1CCN(C2CCNC2)CC1. The summed E-state index contributed by atoms with van der Waals surface area (Å²) in [5.74, 6) is 1.58. The summed E-state index contributed by atoms with van der Waals surface area (Å²) in [6, 6.07) is 0.711. The van der Waals surface area contributed by atoms with Crippen LogP contribution in [0.2, 0.25) is 0 Å². The highest BCUT2D eigenvalue weighted by atomic mass is 32.2. The van der Waals surface area contributed by atoms with Crippen molar-refractivity contribution in [3.05, 3.63) is 0 Å². The van der Waals surface area contributed by atoms with Gasteiger partial charge in [0.05, 0.1) is 5.25 Å². The number of carbonyl (C=O) groups is 1. The number of carbonyl (C=O) groups excluding carboxylic acids is 1. The molecule has 1 N–H and O–H groups in total. The largest absolute Gasteiger partial charge is 0.339 e. The van der Waals surface area contributed by atoms with Crippen molar-refractivity contribution in [3.63, 3.8) is 0 Å². The summed E-state index contributed by atoms with van der Waals surface area (Å²) in [5, 5.41) is 3.69. The Bertz CT molecular complexity index is 293. The Hall–Kier alpha value is -0.260. The topological polar surface area (TPSA) is 35.6 Å². The lowest BCUT2D eigenvalue weighted by Gasteiger charge is -2.38. The van der Waals surface area contributed by atoms with Gasteiger partial charge < -0.3 is 10.2 Å². The number of hydrogen-bond donors (Lipinski definition) is 1. The Balaban J connectivity index is 1.48. The average molecular weight is 269 g/mol. The molecule has 18 heavy (non-hydrogen) atoms. The second-order valence-corrected chi connectivity index (χ2v) is 6.82. The van der Waals surface area contributed by atoms with Crippen molar-refractivity contribution in [2.45, 2.75) is 30.6 Å². The lowest BCUT2D eigenvalue weighted by atomic mass is 10.1. The minimum Gasteiger partial charge on any atom is -0.339 e. The lowest BCUT2D eigenvalue weighted by Crippen LogP contribution is -2.53. The second kappa shape index (κ2) is 5.80. The molecule has 0 aromatic rings. The van der Waals surface area contributed by atoms with E-state index in [1.807, 2.05) is 11.8 Å². The maximum Gasteiger partial charge on any atom is 0.235 e. The normalized spacial score (nSPS) is 34.1. The zero-order valence-corrected chi connectivity index (χ0v) is 11.8. The van der Waals surface area contributed by atoms with Crippen molar-refractivity contribution >= 4 is 17.7 Å². The molecule has 3 rings (SSSR count). The van der Waals surface area contributed by atoms with E-state index in [0.29, 0.717) is 11.9 Å². The van der Waals surface area contributed by atoms with Crippen molar-refractivity contribution in [1.82, 2.24) is 15.1 Å². The van der Waals surface area contributed by atoms with Crippen molar-refractivity contribution < 1.29 is 4.79 Å². The predicted octanol–water partition coefficient (Wildman–Crippen LogP) is 0.388. The van der Waals surface area contributed by atoms with Crippen LogP contribution in [-0.4, -0.2) is 72.0 Å². The molecule has 3 aliphatic rings. The first-order valence-corrected chi connectivity index (χ1v) is 8.24. The van der Waals surface area contributed by atoms with Gasteiger partial charge in [0.15, 0.2) is 0 Å². The fourth-order valence-corrected chi connectivity index (χ4v) is 4.48. The molecule has 1 amide bonds. The summed E-state index contributed by atoms with van der Waals surface area (Å²) in [5.41, 5.74) is 0. The van der Waals surface area contributed by atoms with E-state index in [2.05, 4.69) is 15.1 Å². The lowest BCUT2D eigenvalue weighted by molar-refractivity contribution is -0.132. The van der Waals surface area contributed by atoms with Crippen molar-refractivity contribution in [2.75, 3.05) is 45.0 Å². The Morgan fingerprint density at radius 3 is 2.61 bits per heavy atom. The number of amides is 1. The van der Waals surface area contributed by atoms with Crippen LogP contribution in [0.5, 0.6) is 0 Å². The van der Waals surface area contributed by atoms with Gasteiger partial charge in [0.2, 0.25) is 5.91 Å². The molecule has 3 heterocycles. The van der Waals surface area contributed by atoms with E-state index in [1.165, 1.54) is 18.6 Å². The molecule has 0 aromatic heterocycles. The number of piperazine rings is 1. The van der Waals surface area contributed by atoms with E-state index in [4.69, 9.17) is 0 Å². The van der Waals surface area contributed by atoms with Crippen molar-refractivity contribution in [1.29, 1.82) is 0 Å². The molecule has 0 radical (unpaired) electrons. The molecule has 0 spiro atoms. The fourth-order valence-electron chi connectivity index (χ4n) is 3.23. The summed E-state index contributed by atoms with van der Waals surface area (Å²) in [7, 11) is 0. The molecule has 0 aromatic carbocycles. The van der Waals surface area contributed by atoms with Gasteiger partial charge in [-0.05, 0) is 31.6 Å². The third-order valence-electron chi connectivity index (χ3n) is 4.38. The smallest absolute Gasteiger partial charge is 0.235 e. The first-order chi connectivity index (χ1) is 8.84. The molecule has 3 aliphatic heterocycles. The number of nitrogens with one attached hydrogen (secondary N) is 1. The molecule has 0 saturated carbocycles. The van der Waals surface area contributed by atoms with Crippen LogP contribution in [0.1, 0.15) is 19.3 Å². The standard InChI is InChI=1S/C13H23N3OS/c17-13(12-2-1-9-18-12)16-7-5-15(6-8-16)11-3-4-14-10-11/h11-12,14H,1-10H2. The highest BCUT2D eigenvalue weighted by Gasteiger charge is 2.32. The van der Waals surface area contributed by atoms with Gasteiger partial charge in [0.1, 0.15) is 0 Å². The molecule has 4 nitrogen and oxygen atoms in total. The van der Waals surface area contributed by atoms with Crippen molar-refractivity contribution in [2.24, 2.45) is 0 Å². The Labute approximate surface area is 113 Å². The Morgan fingerprint density at radius 2 is 2.00 bits per heavy atom. The highest BCUT2D eigenvalue weighted by molar-refractivity contribution is 8.00. The molecule has 0 bridgehead atoms. The first kappa shape index (κ1) is 12.8. The van der Waals surface area contributed by atoms with Crippen LogP contribution in [0.15, 0.2) is 0 Å². The molecule has 3 fully saturated rings. The third kappa shape index (κ3) is 2.68.